The SMILES string of the molecule is Cc1cc(Oc2ccccc2F)ccc1/C(N)=N/O. The Bertz CT molecular complexity index is 627. The predicted molar refractivity (Wildman–Crippen MR) is 70.2 cm³/mol. The largest absolute Gasteiger partial charge is 0.454 e. The second-order valence-corrected chi connectivity index (χ2v) is 3.99. The van der Waals surface area contributed by atoms with Gasteiger partial charge in [0.05, 0.1) is 0 Å². The van der Waals surface area contributed by atoms with Crippen molar-refractivity contribution in [3.63, 3.8) is 0 Å². The normalized spacial score (nSPS) is 11.4. The number of benzene rings is 2. The molecule has 2 aromatic rings. The number of aryl methyl sites for hydroxylation is 1. The van der Waals surface area contributed by atoms with E-state index in [0.717, 1.165) is 5.56 Å². The Hall–Kier alpha value is -2.56. The highest BCUT2D eigenvalue weighted by Crippen LogP contribution is 2.25. The van der Waals surface area contributed by atoms with Gasteiger partial charge >= 0.3 is 0 Å². The molecule has 2 rings (SSSR count). The molecule has 0 saturated carbocycles. The maximum absolute atomic E-state index is 13.4. The molecule has 0 radical (unpaired) electrons. The molecule has 0 bridgehead atoms. The fourth-order valence-corrected chi connectivity index (χ4v) is 1.70. The van der Waals surface area contributed by atoms with Gasteiger partial charge in [-0.15, -0.1) is 0 Å². The Kier molecular flexibility index (Phi) is 3.66. The lowest BCUT2D eigenvalue weighted by Crippen LogP contribution is -2.14. The van der Waals surface area contributed by atoms with Crippen LogP contribution in [0.5, 0.6) is 11.5 Å². The van der Waals surface area contributed by atoms with Crippen molar-refractivity contribution >= 4 is 5.84 Å². The molecule has 0 aliphatic heterocycles. The van der Waals surface area contributed by atoms with Gasteiger partial charge in [-0.25, -0.2) is 4.39 Å². The highest BCUT2D eigenvalue weighted by atomic mass is 19.1. The predicted octanol–water partition coefficient (Wildman–Crippen LogP) is 3.02. The van der Waals surface area contributed by atoms with Gasteiger partial charge in [-0.2, -0.15) is 0 Å². The molecule has 4 nitrogen and oxygen atoms in total. The number of para-hydroxylation sites is 1. The van der Waals surface area contributed by atoms with Gasteiger partial charge in [0.1, 0.15) is 5.75 Å². The van der Waals surface area contributed by atoms with Crippen LogP contribution in [-0.2, 0) is 0 Å². The Morgan fingerprint density at radius 1 is 1.26 bits per heavy atom. The summed E-state index contributed by atoms with van der Waals surface area (Å²) < 4.78 is 18.9. The summed E-state index contributed by atoms with van der Waals surface area (Å²) in [5.74, 6) is 0.228. The number of ether oxygens (including phenoxy) is 1. The van der Waals surface area contributed by atoms with Crippen LogP contribution in [0.2, 0.25) is 0 Å². The summed E-state index contributed by atoms with van der Waals surface area (Å²) in [5.41, 5.74) is 6.89. The van der Waals surface area contributed by atoms with Crippen LogP contribution in [0.15, 0.2) is 47.6 Å². The molecule has 2 aromatic carbocycles. The molecule has 0 fully saturated rings. The molecule has 5 heteroatoms. The van der Waals surface area contributed by atoms with E-state index < -0.39 is 5.82 Å². The molecule has 0 aromatic heterocycles. The summed E-state index contributed by atoms with van der Waals surface area (Å²) >= 11 is 0. The third kappa shape index (κ3) is 2.82. The lowest BCUT2D eigenvalue weighted by molar-refractivity contribution is 0.318. The Labute approximate surface area is 109 Å². The van der Waals surface area contributed by atoms with E-state index in [-0.39, 0.29) is 11.6 Å². The van der Waals surface area contributed by atoms with Crippen molar-refractivity contribution in [2.24, 2.45) is 10.9 Å². The molecular formula is C14H13FN2O2. The molecule has 98 valence electrons. The first-order valence-corrected chi connectivity index (χ1v) is 5.62. The van der Waals surface area contributed by atoms with E-state index in [1.807, 2.05) is 0 Å². The van der Waals surface area contributed by atoms with Gasteiger partial charge in [-0.05, 0) is 42.8 Å². The average molecular weight is 260 g/mol. The topological polar surface area (TPSA) is 67.8 Å². The lowest BCUT2D eigenvalue weighted by Gasteiger charge is -2.09. The third-order valence-electron chi connectivity index (χ3n) is 2.65. The van der Waals surface area contributed by atoms with Gasteiger partial charge < -0.3 is 15.7 Å². The molecule has 0 heterocycles. The van der Waals surface area contributed by atoms with Crippen LogP contribution in [0.3, 0.4) is 0 Å². The molecular weight excluding hydrogens is 247 g/mol. The average Bonchev–Trinajstić information content (AvgIpc) is 2.41. The monoisotopic (exact) mass is 260 g/mol. The summed E-state index contributed by atoms with van der Waals surface area (Å²) in [6.45, 7) is 1.79. The number of hydrogen-bond donors (Lipinski definition) is 2. The minimum absolute atomic E-state index is 0.0231. The summed E-state index contributed by atoms with van der Waals surface area (Å²) in [6.07, 6.45) is 0. The molecule has 0 spiro atoms. The van der Waals surface area contributed by atoms with Gasteiger partial charge in [-0.3, -0.25) is 0 Å². The van der Waals surface area contributed by atoms with Crippen molar-refractivity contribution in [3.8, 4) is 11.5 Å². The minimum atomic E-state index is -0.430. The zero-order valence-electron chi connectivity index (χ0n) is 10.3. The first-order valence-electron chi connectivity index (χ1n) is 5.62. The van der Waals surface area contributed by atoms with Crippen LogP contribution >= 0.6 is 0 Å². The number of nitrogens with two attached hydrogens (primary N) is 1. The number of hydrogen-bond acceptors (Lipinski definition) is 3. The first-order chi connectivity index (χ1) is 9.11. The number of rotatable bonds is 3. The molecule has 0 unspecified atom stereocenters. The number of amidine groups is 1. The molecule has 0 saturated heterocycles. The van der Waals surface area contributed by atoms with Crippen LogP contribution in [-0.4, -0.2) is 11.0 Å². The Morgan fingerprint density at radius 2 is 2.00 bits per heavy atom. The number of halogens is 1. The van der Waals surface area contributed by atoms with Crippen LogP contribution in [0.25, 0.3) is 0 Å². The first kappa shape index (κ1) is 12.9. The van der Waals surface area contributed by atoms with Crippen molar-refractivity contribution in [2.45, 2.75) is 6.92 Å². The maximum atomic E-state index is 13.4. The Balaban J connectivity index is 2.29. The molecule has 19 heavy (non-hydrogen) atoms. The Morgan fingerprint density at radius 3 is 2.63 bits per heavy atom. The summed E-state index contributed by atoms with van der Waals surface area (Å²) in [4.78, 5) is 0. The third-order valence-corrected chi connectivity index (χ3v) is 2.65. The van der Waals surface area contributed by atoms with Gasteiger partial charge in [0.15, 0.2) is 17.4 Å². The van der Waals surface area contributed by atoms with Gasteiger partial charge in [-0.1, -0.05) is 17.3 Å². The second-order valence-electron chi connectivity index (χ2n) is 3.99. The van der Waals surface area contributed by atoms with Crippen molar-refractivity contribution in [2.75, 3.05) is 0 Å². The van der Waals surface area contributed by atoms with E-state index in [2.05, 4.69) is 5.16 Å². The van der Waals surface area contributed by atoms with Crippen molar-refractivity contribution in [1.82, 2.24) is 0 Å². The molecule has 0 aliphatic rings. The quantitative estimate of drug-likeness (QED) is 0.386. The van der Waals surface area contributed by atoms with Crippen LogP contribution < -0.4 is 10.5 Å². The van der Waals surface area contributed by atoms with Crippen molar-refractivity contribution in [3.05, 3.63) is 59.4 Å². The standard InChI is InChI=1S/C14H13FN2O2/c1-9-8-10(6-7-11(9)14(16)17-18)19-13-5-3-2-4-12(13)15/h2-8,18H,1H3,(H2,16,17). The molecule has 3 N–H and O–H groups in total. The molecule has 0 amide bonds. The number of oxime groups is 1. The van der Waals surface area contributed by atoms with Crippen LogP contribution in [0, 0.1) is 12.7 Å². The van der Waals surface area contributed by atoms with Crippen LogP contribution in [0.1, 0.15) is 11.1 Å². The summed E-state index contributed by atoms with van der Waals surface area (Å²) in [6, 6.07) is 11.1. The van der Waals surface area contributed by atoms with E-state index in [1.165, 1.54) is 6.07 Å². The summed E-state index contributed by atoms with van der Waals surface area (Å²) in [7, 11) is 0. The van der Waals surface area contributed by atoms with Crippen molar-refractivity contribution < 1.29 is 14.3 Å². The minimum Gasteiger partial charge on any atom is -0.454 e. The van der Waals surface area contributed by atoms with Gasteiger partial charge in [0.25, 0.3) is 0 Å². The van der Waals surface area contributed by atoms with Gasteiger partial charge in [0.2, 0.25) is 0 Å². The summed E-state index contributed by atoms with van der Waals surface area (Å²) in [5, 5.41) is 11.6. The molecule has 0 atom stereocenters. The highest BCUT2D eigenvalue weighted by Gasteiger charge is 2.07. The highest BCUT2D eigenvalue weighted by molar-refractivity contribution is 5.98. The zero-order valence-corrected chi connectivity index (χ0v) is 10.3. The van der Waals surface area contributed by atoms with E-state index in [1.54, 1.807) is 43.3 Å². The van der Waals surface area contributed by atoms with E-state index in [0.29, 0.717) is 11.3 Å². The smallest absolute Gasteiger partial charge is 0.170 e. The van der Waals surface area contributed by atoms with Gasteiger partial charge in [0, 0.05) is 5.56 Å². The second kappa shape index (κ2) is 5.39. The number of nitrogens with zero attached hydrogens (tertiary/aromatic N) is 1. The fourth-order valence-electron chi connectivity index (χ4n) is 1.70. The fraction of sp³-hybridized carbons (Fsp3) is 0.0714. The maximum Gasteiger partial charge on any atom is 0.170 e. The van der Waals surface area contributed by atoms with E-state index in [9.17, 15) is 4.39 Å². The van der Waals surface area contributed by atoms with E-state index >= 15 is 0 Å². The lowest BCUT2D eigenvalue weighted by atomic mass is 10.1. The van der Waals surface area contributed by atoms with Crippen LogP contribution in [0.4, 0.5) is 4.39 Å². The van der Waals surface area contributed by atoms with E-state index in [4.69, 9.17) is 15.7 Å². The zero-order chi connectivity index (χ0) is 13.8. The molecule has 0 aliphatic carbocycles. The van der Waals surface area contributed by atoms with Crippen molar-refractivity contribution in [1.29, 1.82) is 0 Å².